The molecule has 1 fully saturated rings. The van der Waals surface area contributed by atoms with Gasteiger partial charge in [-0.25, -0.2) is 4.79 Å². The van der Waals surface area contributed by atoms with Gasteiger partial charge in [-0.05, 0) is 20.8 Å². The first-order chi connectivity index (χ1) is 6.93. The highest BCUT2D eigenvalue weighted by molar-refractivity contribution is 5.88. The fraction of sp³-hybridized carbons (Fsp3) is 0.727. The topological polar surface area (TPSA) is 55.8 Å². The van der Waals surface area contributed by atoms with Crippen molar-refractivity contribution in [1.29, 1.82) is 0 Å². The zero-order valence-electron chi connectivity index (χ0n) is 9.61. The van der Waals surface area contributed by atoms with E-state index >= 15 is 0 Å². The molecule has 1 aliphatic rings. The van der Waals surface area contributed by atoms with Crippen molar-refractivity contribution in [3.8, 4) is 0 Å². The molecule has 0 amide bonds. The Kier molecular flexibility index (Phi) is 3.88. The molecular weight excluding hydrogens is 196 g/mol. The monoisotopic (exact) mass is 214 g/mol. The van der Waals surface area contributed by atoms with Gasteiger partial charge in [-0.15, -0.1) is 0 Å². The zero-order chi connectivity index (χ0) is 11.6. The standard InChI is InChI=1S/C11H18O4/c1-6(2)8(4)10(12)15-9-7(3)5-14-11(9)13/h7,9,11,13H,5H2,1-4H3. The van der Waals surface area contributed by atoms with E-state index in [1.165, 1.54) is 0 Å². The number of hydrogen-bond donors (Lipinski definition) is 1. The number of aliphatic hydroxyl groups is 1. The normalized spacial score (nSPS) is 30.1. The summed E-state index contributed by atoms with van der Waals surface area (Å²) in [4.78, 5) is 11.6. The van der Waals surface area contributed by atoms with E-state index in [-0.39, 0.29) is 11.9 Å². The molecule has 4 nitrogen and oxygen atoms in total. The van der Waals surface area contributed by atoms with Crippen molar-refractivity contribution in [2.24, 2.45) is 5.92 Å². The first-order valence-corrected chi connectivity index (χ1v) is 5.08. The minimum atomic E-state index is -0.992. The molecule has 1 N–H and O–H groups in total. The molecule has 0 aromatic carbocycles. The molecule has 1 rings (SSSR count). The Hall–Kier alpha value is -0.870. The van der Waals surface area contributed by atoms with E-state index in [2.05, 4.69) is 0 Å². The first kappa shape index (κ1) is 12.2. The smallest absolute Gasteiger partial charge is 0.334 e. The van der Waals surface area contributed by atoms with Crippen molar-refractivity contribution in [3.05, 3.63) is 11.1 Å². The summed E-state index contributed by atoms with van der Waals surface area (Å²) in [5.41, 5.74) is 1.50. The number of hydrogen-bond acceptors (Lipinski definition) is 4. The van der Waals surface area contributed by atoms with Crippen molar-refractivity contribution in [3.63, 3.8) is 0 Å². The van der Waals surface area contributed by atoms with Crippen LogP contribution in [-0.4, -0.2) is 30.1 Å². The second-order valence-electron chi connectivity index (χ2n) is 4.20. The number of carbonyl (C=O) groups excluding carboxylic acids is 1. The van der Waals surface area contributed by atoms with Crippen molar-refractivity contribution < 1.29 is 19.4 Å². The molecule has 0 radical (unpaired) electrons. The minimum Gasteiger partial charge on any atom is -0.453 e. The highest BCUT2D eigenvalue weighted by Crippen LogP contribution is 2.22. The Balaban J connectivity index is 2.62. The largest absolute Gasteiger partial charge is 0.453 e. The third kappa shape index (κ3) is 2.79. The average Bonchev–Trinajstić information content (AvgIpc) is 2.47. The Bertz CT molecular complexity index is 268. The van der Waals surface area contributed by atoms with Crippen LogP contribution in [0.25, 0.3) is 0 Å². The second-order valence-corrected chi connectivity index (χ2v) is 4.20. The van der Waals surface area contributed by atoms with E-state index in [4.69, 9.17) is 9.47 Å². The third-order valence-electron chi connectivity index (χ3n) is 2.67. The highest BCUT2D eigenvalue weighted by Gasteiger charge is 2.36. The van der Waals surface area contributed by atoms with Gasteiger partial charge in [0.1, 0.15) is 0 Å². The summed E-state index contributed by atoms with van der Waals surface area (Å²) in [5.74, 6) is -0.342. The fourth-order valence-corrected chi connectivity index (χ4v) is 1.31. The number of carbonyl (C=O) groups is 1. The molecule has 1 heterocycles. The summed E-state index contributed by atoms with van der Waals surface area (Å²) in [6.07, 6.45) is -1.54. The maximum absolute atomic E-state index is 11.6. The van der Waals surface area contributed by atoms with E-state index in [1.807, 2.05) is 20.8 Å². The van der Waals surface area contributed by atoms with Gasteiger partial charge in [0.05, 0.1) is 6.61 Å². The molecular formula is C11H18O4. The van der Waals surface area contributed by atoms with Gasteiger partial charge in [-0.2, -0.15) is 0 Å². The van der Waals surface area contributed by atoms with E-state index in [1.54, 1.807) is 6.92 Å². The molecule has 1 aliphatic heterocycles. The zero-order valence-corrected chi connectivity index (χ0v) is 9.61. The van der Waals surface area contributed by atoms with Gasteiger partial charge in [0.25, 0.3) is 0 Å². The molecule has 1 saturated heterocycles. The Morgan fingerprint density at radius 3 is 2.40 bits per heavy atom. The van der Waals surface area contributed by atoms with E-state index in [0.29, 0.717) is 12.2 Å². The van der Waals surface area contributed by atoms with Crippen LogP contribution in [0.1, 0.15) is 27.7 Å². The van der Waals surface area contributed by atoms with Crippen LogP contribution < -0.4 is 0 Å². The molecule has 0 saturated carbocycles. The molecule has 3 atom stereocenters. The van der Waals surface area contributed by atoms with Crippen molar-refractivity contribution in [2.45, 2.75) is 40.1 Å². The average molecular weight is 214 g/mol. The van der Waals surface area contributed by atoms with Crippen LogP contribution in [0.3, 0.4) is 0 Å². The number of esters is 1. The van der Waals surface area contributed by atoms with Crippen LogP contribution in [0.5, 0.6) is 0 Å². The quantitative estimate of drug-likeness (QED) is 0.555. The number of ether oxygens (including phenoxy) is 2. The predicted octanol–water partition coefficient (Wildman–Crippen LogP) is 1.24. The second kappa shape index (κ2) is 4.77. The lowest BCUT2D eigenvalue weighted by Gasteiger charge is -2.18. The maximum Gasteiger partial charge on any atom is 0.334 e. The number of rotatable bonds is 2. The van der Waals surface area contributed by atoms with Gasteiger partial charge in [0.2, 0.25) is 0 Å². The molecule has 0 aromatic rings. The Morgan fingerprint density at radius 2 is 2.00 bits per heavy atom. The molecule has 0 aliphatic carbocycles. The van der Waals surface area contributed by atoms with Gasteiger partial charge in [-0.1, -0.05) is 12.5 Å². The Morgan fingerprint density at radius 1 is 1.40 bits per heavy atom. The van der Waals surface area contributed by atoms with Crippen molar-refractivity contribution >= 4 is 5.97 Å². The summed E-state index contributed by atoms with van der Waals surface area (Å²) in [7, 11) is 0. The predicted molar refractivity (Wildman–Crippen MR) is 55.1 cm³/mol. The molecule has 15 heavy (non-hydrogen) atoms. The number of allylic oxidation sites excluding steroid dienone is 1. The lowest BCUT2D eigenvalue weighted by molar-refractivity contribution is -0.164. The Labute approximate surface area is 89.9 Å². The van der Waals surface area contributed by atoms with Gasteiger partial charge >= 0.3 is 5.97 Å². The maximum atomic E-state index is 11.6. The van der Waals surface area contributed by atoms with E-state index in [9.17, 15) is 9.90 Å². The van der Waals surface area contributed by atoms with Crippen molar-refractivity contribution in [2.75, 3.05) is 6.61 Å². The summed E-state index contributed by atoms with van der Waals surface area (Å²) in [6.45, 7) is 7.71. The SMILES string of the molecule is CC(C)=C(C)C(=O)OC1C(C)COC1O. The lowest BCUT2D eigenvalue weighted by Crippen LogP contribution is -2.31. The van der Waals surface area contributed by atoms with E-state index in [0.717, 1.165) is 5.57 Å². The van der Waals surface area contributed by atoms with Gasteiger partial charge in [0.15, 0.2) is 12.4 Å². The van der Waals surface area contributed by atoms with Crippen LogP contribution in [0.2, 0.25) is 0 Å². The van der Waals surface area contributed by atoms with E-state index < -0.39 is 12.4 Å². The third-order valence-corrected chi connectivity index (χ3v) is 2.67. The van der Waals surface area contributed by atoms with Gasteiger partial charge in [-0.3, -0.25) is 0 Å². The summed E-state index contributed by atoms with van der Waals surface area (Å²) >= 11 is 0. The summed E-state index contributed by atoms with van der Waals surface area (Å²) < 4.78 is 10.2. The van der Waals surface area contributed by atoms with Crippen LogP contribution in [0, 0.1) is 5.92 Å². The number of aliphatic hydroxyl groups excluding tert-OH is 1. The fourth-order valence-electron chi connectivity index (χ4n) is 1.31. The van der Waals surface area contributed by atoms with Crippen LogP contribution in [-0.2, 0) is 14.3 Å². The highest BCUT2D eigenvalue weighted by atomic mass is 16.7. The summed E-state index contributed by atoms with van der Waals surface area (Å²) in [6, 6.07) is 0. The molecule has 0 aromatic heterocycles. The molecule has 4 heteroatoms. The minimum absolute atomic E-state index is 0.0360. The van der Waals surface area contributed by atoms with Crippen LogP contribution in [0.15, 0.2) is 11.1 Å². The van der Waals surface area contributed by atoms with Crippen molar-refractivity contribution in [1.82, 2.24) is 0 Å². The molecule has 0 bridgehead atoms. The lowest BCUT2D eigenvalue weighted by atomic mass is 10.1. The van der Waals surface area contributed by atoms with Gasteiger partial charge < -0.3 is 14.6 Å². The molecule has 0 spiro atoms. The molecule has 86 valence electrons. The van der Waals surface area contributed by atoms with Gasteiger partial charge in [0, 0.05) is 11.5 Å². The summed E-state index contributed by atoms with van der Waals surface area (Å²) in [5, 5.41) is 9.41. The van der Waals surface area contributed by atoms with Crippen LogP contribution in [0.4, 0.5) is 0 Å². The molecule has 3 unspecified atom stereocenters. The first-order valence-electron chi connectivity index (χ1n) is 5.08. The van der Waals surface area contributed by atoms with Crippen LogP contribution >= 0.6 is 0 Å².